The summed E-state index contributed by atoms with van der Waals surface area (Å²) in [7, 11) is 0. The number of rotatable bonds is 3. The molecule has 1 aromatic rings. The predicted octanol–water partition coefficient (Wildman–Crippen LogP) is 2.43. The first-order valence-corrected chi connectivity index (χ1v) is 8.53. The summed E-state index contributed by atoms with van der Waals surface area (Å²) < 4.78 is 2.25. The summed E-state index contributed by atoms with van der Waals surface area (Å²) in [6, 6.07) is 0. The smallest absolute Gasteiger partial charge is 0.194 e. The third-order valence-corrected chi connectivity index (χ3v) is 4.62. The van der Waals surface area contributed by atoms with Crippen molar-refractivity contribution in [2.75, 3.05) is 19.6 Å². The molecule has 1 fully saturated rings. The van der Waals surface area contributed by atoms with Gasteiger partial charge in [0.25, 0.3) is 0 Å². The first-order chi connectivity index (χ1) is 10.6. The molecule has 0 atom stereocenters. The molecule has 0 radical (unpaired) electrons. The Bertz CT molecular complexity index is 551. The van der Waals surface area contributed by atoms with Crippen LogP contribution >= 0.6 is 24.0 Å². The van der Waals surface area contributed by atoms with Crippen LogP contribution in [-0.4, -0.2) is 45.3 Å². The molecule has 2 aliphatic rings. The van der Waals surface area contributed by atoms with Gasteiger partial charge < -0.3 is 14.8 Å². The highest BCUT2D eigenvalue weighted by Crippen LogP contribution is 2.28. The van der Waals surface area contributed by atoms with E-state index in [1.54, 1.807) is 0 Å². The minimum Gasteiger partial charge on any atom is -0.357 e. The van der Waals surface area contributed by atoms with Crippen LogP contribution in [0, 0.1) is 5.41 Å². The second-order valence-corrected chi connectivity index (χ2v) is 7.15. The molecule has 23 heavy (non-hydrogen) atoms. The van der Waals surface area contributed by atoms with Crippen molar-refractivity contribution >= 4 is 29.9 Å². The Morgan fingerprint density at radius 2 is 2.09 bits per heavy atom. The number of aliphatic imine (C=N–C) groups is 1. The molecule has 0 unspecified atom stereocenters. The van der Waals surface area contributed by atoms with Gasteiger partial charge >= 0.3 is 0 Å². The number of likely N-dealkylation sites (tertiary alicyclic amines) is 1. The van der Waals surface area contributed by atoms with Gasteiger partial charge in [0.05, 0.1) is 0 Å². The van der Waals surface area contributed by atoms with Crippen LogP contribution in [0.4, 0.5) is 0 Å². The minimum atomic E-state index is 0. The van der Waals surface area contributed by atoms with Crippen molar-refractivity contribution in [2.45, 2.75) is 59.5 Å². The number of aryl methyl sites for hydroxylation is 1. The normalized spacial score (nSPS) is 20.1. The minimum absolute atomic E-state index is 0. The molecule has 1 N–H and O–H groups in total. The molecule has 0 bridgehead atoms. The van der Waals surface area contributed by atoms with E-state index in [-0.39, 0.29) is 24.0 Å². The summed E-state index contributed by atoms with van der Waals surface area (Å²) in [4.78, 5) is 7.19. The van der Waals surface area contributed by atoms with E-state index >= 15 is 0 Å². The number of hydrogen-bond donors (Lipinski definition) is 1. The SMILES string of the molecule is CCNC(=NCc1nnc2n1CCCC2)N1CCC(C)(C)C1.I. The fraction of sp³-hybridized carbons (Fsp3) is 0.812. The lowest BCUT2D eigenvalue weighted by Gasteiger charge is -2.23. The van der Waals surface area contributed by atoms with Gasteiger partial charge in [-0.2, -0.15) is 0 Å². The Kier molecular flexibility index (Phi) is 6.27. The van der Waals surface area contributed by atoms with Gasteiger partial charge in [-0.25, -0.2) is 4.99 Å². The molecule has 6 nitrogen and oxygen atoms in total. The molecule has 0 saturated carbocycles. The molecule has 1 aromatic heterocycles. The van der Waals surface area contributed by atoms with Gasteiger partial charge in [0.1, 0.15) is 12.4 Å². The number of halogens is 1. The number of fused-ring (bicyclic) bond motifs is 1. The molecular weight excluding hydrogens is 403 g/mol. The lowest BCUT2D eigenvalue weighted by Crippen LogP contribution is -2.40. The zero-order chi connectivity index (χ0) is 15.6. The van der Waals surface area contributed by atoms with Crippen LogP contribution in [-0.2, 0) is 19.5 Å². The van der Waals surface area contributed by atoms with E-state index in [1.807, 2.05) is 0 Å². The standard InChI is InChI=1S/C16H28N6.HI/c1-4-17-15(21-10-8-16(2,3)12-21)18-11-14-20-19-13-7-5-6-9-22(13)14;/h4-12H2,1-3H3,(H,17,18);1H. The average Bonchev–Trinajstić information content (AvgIpc) is 3.07. The third kappa shape index (κ3) is 4.36. The molecule has 1 saturated heterocycles. The van der Waals surface area contributed by atoms with Gasteiger partial charge in [-0.1, -0.05) is 13.8 Å². The van der Waals surface area contributed by atoms with Gasteiger partial charge in [-0.15, -0.1) is 34.2 Å². The third-order valence-electron chi connectivity index (χ3n) is 4.62. The van der Waals surface area contributed by atoms with Crippen molar-refractivity contribution in [3.63, 3.8) is 0 Å². The van der Waals surface area contributed by atoms with Gasteiger partial charge in [0.2, 0.25) is 0 Å². The fourth-order valence-corrected chi connectivity index (χ4v) is 3.35. The summed E-state index contributed by atoms with van der Waals surface area (Å²) in [5.41, 5.74) is 0.379. The highest BCUT2D eigenvalue weighted by Gasteiger charge is 2.31. The van der Waals surface area contributed by atoms with Crippen molar-refractivity contribution < 1.29 is 0 Å². The van der Waals surface area contributed by atoms with E-state index in [1.165, 1.54) is 19.3 Å². The largest absolute Gasteiger partial charge is 0.357 e. The lowest BCUT2D eigenvalue weighted by atomic mass is 9.93. The van der Waals surface area contributed by atoms with E-state index in [4.69, 9.17) is 4.99 Å². The van der Waals surface area contributed by atoms with Crippen LogP contribution in [0.15, 0.2) is 4.99 Å². The maximum atomic E-state index is 4.82. The van der Waals surface area contributed by atoms with Crippen LogP contribution in [0.25, 0.3) is 0 Å². The fourth-order valence-electron chi connectivity index (χ4n) is 3.35. The second-order valence-electron chi connectivity index (χ2n) is 7.15. The van der Waals surface area contributed by atoms with E-state index in [2.05, 4.69) is 45.8 Å². The van der Waals surface area contributed by atoms with Crippen LogP contribution in [0.3, 0.4) is 0 Å². The van der Waals surface area contributed by atoms with E-state index in [0.29, 0.717) is 12.0 Å². The topological polar surface area (TPSA) is 58.3 Å². The monoisotopic (exact) mass is 432 g/mol. The van der Waals surface area contributed by atoms with E-state index in [0.717, 1.165) is 50.2 Å². The first-order valence-electron chi connectivity index (χ1n) is 8.53. The number of nitrogens with zero attached hydrogens (tertiary/aromatic N) is 5. The highest BCUT2D eigenvalue weighted by molar-refractivity contribution is 14.0. The number of hydrogen-bond acceptors (Lipinski definition) is 3. The zero-order valence-electron chi connectivity index (χ0n) is 14.5. The molecule has 0 aromatic carbocycles. The van der Waals surface area contributed by atoms with Crippen molar-refractivity contribution in [1.29, 1.82) is 0 Å². The van der Waals surface area contributed by atoms with Gasteiger partial charge in [0, 0.05) is 32.6 Å². The van der Waals surface area contributed by atoms with Crippen molar-refractivity contribution in [2.24, 2.45) is 10.4 Å². The number of nitrogens with one attached hydrogen (secondary N) is 1. The van der Waals surface area contributed by atoms with E-state index < -0.39 is 0 Å². The van der Waals surface area contributed by atoms with Gasteiger partial charge in [-0.3, -0.25) is 0 Å². The quantitative estimate of drug-likeness (QED) is 0.453. The summed E-state index contributed by atoms with van der Waals surface area (Å²) in [5.74, 6) is 3.15. The second kappa shape index (κ2) is 7.81. The van der Waals surface area contributed by atoms with Crippen molar-refractivity contribution in [1.82, 2.24) is 25.0 Å². The predicted molar refractivity (Wildman–Crippen MR) is 103 cm³/mol. The maximum absolute atomic E-state index is 4.82. The van der Waals surface area contributed by atoms with E-state index in [9.17, 15) is 0 Å². The van der Waals surface area contributed by atoms with Gasteiger partial charge in [0.15, 0.2) is 11.8 Å². The molecule has 130 valence electrons. The number of guanidine groups is 1. The molecule has 7 heteroatoms. The average molecular weight is 432 g/mol. The molecule has 0 amide bonds. The van der Waals surface area contributed by atoms with Crippen molar-refractivity contribution in [3.8, 4) is 0 Å². The van der Waals surface area contributed by atoms with Crippen molar-refractivity contribution in [3.05, 3.63) is 11.6 Å². The summed E-state index contributed by atoms with van der Waals surface area (Å²) in [6.45, 7) is 11.5. The lowest BCUT2D eigenvalue weighted by molar-refractivity contribution is 0.370. The van der Waals surface area contributed by atoms with Crippen LogP contribution < -0.4 is 5.32 Å². The molecule has 2 aliphatic heterocycles. The van der Waals surface area contributed by atoms with Crippen LogP contribution in [0.5, 0.6) is 0 Å². The Hall–Kier alpha value is -0.860. The Balaban J connectivity index is 0.00000192. The Morgan fingerprint density at radius 1 is 1.26 bits per heavy atom. The molecule has 3 rings (SSSR count). The Labute approximate surface area is 156 Å². The maximum Gasteiger partial charge on any atom is 0.194 e. The molecule has 0 spiro atoms. The Morgan fingerprint density at radius 3 is 2.78 bits per heavy atom. The molecular formula is C16H29IN6. The molecule has 0 aliphatic carbocycles. The summed E-state index contributed by atoms with van der Waals surface area (Å²) in [5, 5.41) is 12.1. The first kappa shape index (κ1) is 18.5. The summed E-state index contributed by atoms with van der Waals surface area (Å²) >= 11 is 0. The van der Waals surface area contributed by atoms with Crippen LogP contribution in [0.1, 0.15) is 51.7 Å². The van der Waals surface area contributed by atoms with Crippen LogP contribution in [0.2, 0.25) is 0 Å². The molecule has 3 heterocycles. The number of aromatic nitrogens is 3. The highest BCUT2D eigenvalue weighted by atomic mass is 127. The van der Waals surface area contributed by atoms with Gasteiger partial charge in [-0.05, 0) is 31.6 Å². The summed E-state index contributed by atoms with van der Waals surface area (Å²) in [6.07, 6.45) is 4.73. The zero-order valence-corrected chi connectivity index (χ0v) is 16.8.